The van der Waals surface area contributed by atoms with Gasteiger partial charge in [-0.15, -0.1) is 0 Å². The van der Waals surface area contributed by atoms with Crippen molar-refractivity contribution in [1.82, 2.24) is 20.2 Å². The molecule has 3 aromatic rings. The van der Waals surface area contributed by atoms with E-state index in [-0.39, 0.29) is 11.6 Å². The van der Waals surface area contributed by atoms with Gasteiger partial charge in [0.1, 0.15) is 5.82 Å². The van der Waals surface area contributed by atoms with Crippen LogP contribution in [0, 0.1) is 6.92 Å². The van der Waals surface area contributed by atoms with E-state index in [9.17, 15) is 4.79 Å². The number of hydrogen-bond donors (Lipinski definition) is 1. The second-order valence-corrected chi connectivity index (χ2v) is 8.91. The number of rotatable bonds is 2. The number of nitrogens with zero attached hydrogens (tertiary/aromatic N) is 4. The minimum Gasteiger partial charge on any atom is -0.352 e. The molecule has 0 bridgehead atoms. The van der Waals surface area contributed by atoms with E-state index >= 15 is 0 Å². The highest BCUT2D eigenvalue weighted by atomic mass is 16.2. The number of amides is 2. The summed E-state index contributed by atoms with van der Waals surface area (Å²) < 4.78 is 0. The van der Waals surface area contributed by atoms with Gasteiger partial charge in [0.05, 0.1) is 5.52 Å². The van der Waals surface area contributed by atoms with Gasteiger partial charge in [-0.1, -0.05) is 42.0 Å². The molecule has 6 heteroatoms. The topological polar surface area (TPSA) is 61.4 Å². The molecule has 0 radical (unpaired) electrons. The Morgan fingerprint density at radius 2 is 1.60 bits per heavy atom. The smallest absolute Gasteiger partial charge is 0.317 e. The molecule has 1 saturated heterocycles. The van der Waals surface area contributed by atoms with E-state index < -0.39 is 0 Å². The minimum atomic E-state index is -0.236. The van der Waals surface area contributed by atoms with Gasteiger partial charge < -0.3 is 15.1 Å². The molecule has 0 atom stereocenters. The van der Waals surface area contributed by atoms with Gasteiger partial charge in [-0.2, -0.15) is 0 Å². The number of urea groups is 1. The number of carbonyl (C=O) groups is 1. The number of nitrogens with one attached hydrogen (secondary N) is 1. The van der Waals surface area contributed by atoms with Crippen LogP contribution >= 0.6 is 0 Å². The summed E-state index contributed by atoms with van der Waals surface area (Å²) in [5, 5.41) is 4.09. The number of aryl methyl sites for hydroxylation is 1. The fourth-order valence-corrected chi connectivity index (χ4v) is 3.65. The number of piperazine rings is 1. The molecule has 4 rings (SSSR count). The number of para-hydroxylation sites is 1. The maximum atomic E-state index is 12.5. The van der Waals surface area contributed by atoms with E-state index in [1.54, 1.807) is 0 Å². The van der Waals surface area contributed by atoms with Crippen LogP contribution in [0.1, 0.15) is 26.3 Å². The fraction of sp³-hybridized carbons (Fsp3) is 0.375. The predicted molar refractivity (Wildman–Crippen MR) is 122 cm³/mol. The summed E-state index contributed by atoms with van der Waals surface area (Å²) >= 11 is 0. The molecule has 30 heavy (non-hydrogen) atoms. The third kappa shape index (κ3) is 4.37. The Morgan fingerprint density at radius 3 is 2.27 bits per heavy atom. The zero-order valence-corrected chi connectivity index (χ0v) is 18.1. The van der Waals surface area contributed by atoms with Gasteiger partial charge in [0.2, 0.25) is 0 Å². The lowest BCUT2D eigenvalue weighted by Gasteiger charge is -2.37. The van der Waals surface area contributed by atoms with Gasteiger partial charge in [-0.25, -0.2) is 14.8 Å². The normalized spacial score (nSPS) is 14.8. The van der Waals surface area contributed by atoms with Crippen LogP contribution in [-0.2, 0) is 0 Å². The van der Waals surface area contributed by atoms with Crippen LogP contribution in [0.2, 0.25) is 0 Å². The van der Waals surface area contributed by atoms with E-state index in [0.29, 0.717) is 13.1 Å². The van der Waals surface area contributed by atoms with E-state index in [1.807, 2.05) is 43.9 Å². The maximum Gasteiger partial charge on any atom is 0.317 e. The van der Waals surface area contributed by atoms with Crippen molar-refractivity contribution in [3.8, 4) is 11.4 Å². The average molecular weight is 404 g/mol. The van der Waals surface area contributed by atoms with Gasteiger partial charge in [0.15, 0.2) is 5.82 Å². The number of hydrogen-bond acceptors (Lipinski definition) is 4. The average Bonchev–Trinajstić information content (AvgIpc) is 2.72. The van der Waals surface area contributed by atoms with Crippen molar-refractivity contribution in [2.45, 2.75) is 33.2 Å². The van der Waals surface area contributed by atoms with Crippen LogP contribution in [-0.4, -0.2) is 52.6 Å². The van der Waals surface area contributed by atoms with Crippen LogP contribution < -0.4 is 10.2 Å². The molecule has 2 aromatic carbocycles. The maximum absolute atomic E-state index is 12.5. The van der Waals surface area contributed by atoms with E-state index in [0.717, 1.165) is 41.2 Å². The monoisotopic (exact) mass is 403 g/mol. The molecule has 0 saturated carbocycles. The first-order valence-electron chi connectivity index (χ1n) is 10.5. The lowest BCUT2D eigenvalue weighted by Crippen LogP contribution is -2.55. The summed E-state index contributed by atoms with van der Waals surface area (Å²) in [7, 11) is 0. The Morgan fingerprint density at radius 1 is 0.933 bits per heavy atom. The second kappa shape index (κ2) is 7.94. The predicted octanol–water partition coefficient (Wildman–Crippen LogP) is 4.24. The van der Waals surface area contributed by atoms with Crippen molar-refractivity contribution >= 4 is 22.8 Å². The number of anilines is 1. The molecule has 0 unspecified atom stereocenters. The highest BCUT2D eigenvalue weighted by Gasteiger charge is 2.26. The first-order chi connectivity index (χ1) is 14.3. The number of carbonyl (C=O) groups excluding carboxylic acids is 1. The van der Waals surface area contributed by atoms with Gasteiger partial charge in [0, 0.05) is 42.7 Å². The van der Waals surface area contributed by atoms with Crippen LogP contribution in [0.4, 0.5) is 10.6 Å². The van der Waals surface area contributed by atoms with E-state index in [1.165, 1.54) is 5.56 Å². The highest BCUT2D eigenvalue weighted by Crippen LogP contribution is 2.28. The van der Waals surface area contributed by atoms with E-state index in [2.05, 4.69) is 47.5 Å². The Bertz CT molecular complexity index is 1050. The van der Waals surface area contributed by atoms with Crippen molar-refractivity contribution in [2.75, 3.05) is 31.1 Å². The van der Waals surface area contributed by atoms with Crippen molar-refractivity contribution in [1.29, 1.82) is 0 Å². The van der Waals surface area contributed by atoms with Crippen LogP contribution in [0.15, 0.2) is 48.5 Å². The Kier molecular flexibility index (Phi) is 5.33. The van der Waals surface area contributed by atoms with Crippen LogP contribution in [0.25, 0.3) is 22.3 Å². The van der Waals surface area contributed by atoms with Crippen LogP contribution in [0.3, 0.4) is 0 Å². The summed E-state index contributed by atoms with van der Waals surface area (Å²) in [5.41, 5.74) is 2.92. The first-order valence-corrected chi connectivity index (χ1v) is 10.5. The zero-order chi connectivity index (χ0) is 21.3. The molecular formula is C24H29N5O. The number of aromatic nitrogens is 2. The largest absolute Gasteiger partial charge is 0.352 e. The van der Waals surface area contributed by atoms with Crippen molar-refractivity contribution in [3.63, 3.8) is 0 Å². The highest BCUT2D eigenvalue weighted by molar-refractivity contribution is 5.91. The molecule has 1 fully saturated rings. The summed E-state index contributed by atoms with van der Waals surface area (Å²) in [6.07, 6.45) is 0. The Balaban J connectivity index is 1.61. The third-order valence-electron chi connectivity index (χ3n) is 5.24. The molecule has 1 aromatic heterocycles. The molecule has 1 aliphatic heterocycles. The molecule has 0 aliphatic carbocycles. The van der Waals surface area contributed by atoms with E-state index in [4.69, 9.17) is 9.97 Å². The second-order valence-electron chi connectivity index (χ2n) is 8.91. The first kappa shape index (κ1) is 20.1. The number of fused-ring (bicyclic) bond motifs is 1. The summed E-state index contributed by atoms with van der Waals surface area (Å²) in [6.45, 7) is 10.9. The fourth-order valence-electron chi connectivity index (χ4n) is 3.65. The lowest BCUT2D eigenvalue weighted by molar-refractivity contribution is 0.185. The summed E-state index contributed by atoms with van der Waals surface area (Å²) in [5.74, 6) is 1.67. The van der Waals surface area contributed by atoms with Crippen molar-refractivity contribution < 1.29 is 4.79 Å². The molecule has 2 amide bonds. The standard InChI is InChI=1S/C24H29N5O/c1-17-9-11-18(12-10-17)21-25-20-8-6-5-7-19(20)22(26-21)28-13-15-29(16-14-28)23(30)27-24(2,3)4/h5-12H,13-16H2,1-4H3,(H,27,30). The van der Waals surface area contributed by atoms with Gasteiger partial charge in [-0.3, -0.25) is 0 Å². The molecule has 156 valence electrons. The van der Waals surface area contributed by atoms with Gasteiger partial charge in [0.25, 0.3) is 0 Å². The molecule has 2 heterocycles. The van der Waals surface area contributed by atoms with Crippen molar-refractivity contribution in [3.05, 3.63) is 54.1 Å². The van der Waals surface area contributed by atoms with Gasteiger partial charge in [-0.05, 0) is 39.8 Å². The molecule has 1 N–H and O–H groups in total. The molecular weight excluding hydrogens is 374 g/mol. The minimum absolute atomic E-state index is 0.00459. The lowest BCUT2D eigenvalue weighted by atomic mass is 10.1. The molecule has 6 nitrogen and oxygen atoms in total. The van der Waals surface area contributed by atoms with Crippen molar-refractivity contribution in [2.24, 2.45) is 0 Å². The molecule has 0 spiro atoms. The van der Waals surface area contributed by atoms with Crippen LogP contribution in [0.5, 0.6) is 0 Å². The van der Waals surface area contributed by atoms with Gasteiger partial charge >= 0.3 is 6.03 Å². The Hall–Kier alpha value is -3.15. The summed E-state index contributed by atoms with van der Waals surface area (Å²) in [6, 6.07) is 16.4. The number of benzene rings is 2. The zero-order valence-electron chi connectivity index (χ0n) is 18.1. The Labute approximate surface area is 177 Å². The third-order valence-corrected chi connectivity index (χ3v) is 5.24. The molecule has 1 aliphatic rings. The quantitative estimate of drug-likeness (QED) is 0.695. The summed E-state index contributed by atoms with van der Waals surface area (Å²) in [4.78, 5) is 26.4. The SMILES string of the molecule is Cc1ccc(-c2nc(N3CCN(C(=O)NC(C)(C)C)CC3)c3ccccc3n2)cc1.